The van der Waals surface area contributed by atoms with E-state index in [-0.39, 0.29) is 35.8 Å². The molecule has 1 amide bonds. The second kappa shape index (κ2) is 5.59. The van der Waals surface area contributed by atoms with Crippen LogP contribution in [-0.4, -0.2) is 18.1 Å². The molecule has 3 nitrogen and oxygen atoms in total. The summed E-state index contributed by atoms with van der Waals surface area (Å²) < 4.78 is 19.1. The number of carbonyl (C=O) groups is 1. The van der Waals surface area contributed by atoms with Crippen LogP contribution < -0.4 is 5.32 Å². The van der Waals surface area contributed by atoms with Gasteiger partial charge in [-0.1, -0.05) is 6.92 Å². The van der Waals surface area contributed by atoms with Gasteiger partial charge in [0.05, 0.1) is 22.6 Å². The molecule has 2 rings (SSSR count). The Balaban J connectivity index is 2.10. The number of carbonyl (C=O) groups excluding carboxylic acids is 1. The highest BCUT2D eigenvalue weighted by Crippen LogP contribution is 2.33. The lowest BCUT2D eigenvalue weighted by atomic mass is 9.89. The molecule has 1 fully saturated rings. The molecule has 4 unspecified atom stereocenters. The monoisotopic (exact) mass is 329 g/mol. The Bertz CT molecular complexity index is 494. The third kappa shape index (κ3) is 2.98. The van der Waals surface area contributed by atoms with Crippen molar-refractivity contribution >= 4 is 27.5 Å². The highest BCUT2D eigenvalue weighted by atomic mass is 79.9. The fourth-order valence-electron chi connectivity index (χ4n) is 2.52. The molecule has 0 spiro atoms. The van der Waals surface area contributed by atoms with Gasteiger partial charge in [-0.2, -0.15) is 0 Å². The van der Waals surface area contributed by atoms with Gasteiger partial charge in [-0.15, -0.1) is 0 Å². The first-order valence-electron chi connectivity index (χ1n) is 6.31. The summed E-state index contributed by atoms with van der Waals surface area (Å²) in [6, 6.07) is 4.43. The molecule has 1 aromatic carbocycles. The molecule has 0 saturated carbocycles. The lowest BCUT2D eigenvalue weighted by Gasteiger charge is -2.18. The summed E-state index contributed by atoms with van der Waals surface area (Å²) in [5, 5.41) is 2.82. The molecule has 1 aliphatic rings. The van der Waals surface area contributed by atoms with Gasteiger partial charge in [0.1, 0.15) is 5.82 Å². The van der Waals surface area contributed by atoms with Gasteiger partial charge < -0.3 is 10.1 Å². The van der Waals surface area contributed by atoms with E-state index in [1.165, 1.54) is 6.07 Å². The molecule has 0 radical (unpaired) electrons. The molecular formula is C14H17BrFNO2. The molecule has 0 aliphatic carbocycles. The summed E-state index contributed by atoms with van der Waals surface area (Å²) in [5.74, 6) is -0.446. The van der Waals surface area contributed by atoms with Crippen LogP contribution in [0.3, 0.4) is 0 Å². The zero-order chi connectivity index (χ0) is 14.2. The van der Waals surface area contributed by atoms with E-state index in [0.717, 1.165) is 0 Å². The van der Waals surface area contributed by atoms with Gasteiger partial charge in [-0.25, -0.2) is 4.39 Å². The number of anilines is 1. The summed E-state index contributed by atoms with van der Waals surface area (Å²) >= 11 is 3.10. The van der Waals surface area contributed by atoms with Crippen LogP contribution in [0.25, 0.3) is 0 Å². The summed E-state index contributed by atoms with van der Waals surface area (Å²) in [7, 11) is 0. The topological polar surface area (TPSA) is 38.3 Å². The highest BCUT2D eigenvalue weighted by molar-refractivity contribution is 9.10. The van der Waals surface area contributed by atoms with Crippen LogP contribution in [0.4, 0.5) is 10.1 Å². The predicted molar refractivity (Wildman–Crippen MR) is 75.4 cm³/mol. The second-order valence-electron chi connectivity index (χ2n) is 5.05. The Morgan fingerprint density at radius 2 is 2.00 bits per heavy atom. The average Bonchev–Trinajstić information content (AvgIpc) is 2.58. The van der Waals surface area contributed by atoms with Crippen LogP contribution >= 0.6 is 15.9 Å². The first-order valence-corrected chi connectivity index (χ1v) is 7.11. The summed E-state index contributed by atoms with van der Waals surface area (Å²) in [6.07, 6.45) is -0.0282. The lowest BCUT2D eigenvalue weighted by molar-refractivity contribution is -0.121. The van der Waals surface area contributed by atoms with Gasteiger partial charge in [-0.3, -0.25) is 4.79 Å². The number of ether oxygens (including phenoxy) is 1. The molecule has 0 bridgehead atoms. The average molecular weight is 330 g/mol. The third-order valence-electron chi connectivity index (χ3n) is 3.73. The summed E-state index contributed by atoms with van der Waals surface area (Å²) in [6.45, 7) is 5.90. The first kappa shape index (κ1) is 14.5. The molecule has 1 aromatic rings. The molecular weight excluding hydrogens is 313 g/mol. The van der Waals surface area contributed by atoms with Crippen LogP contribution in [0, 0.1) is 17.7 Å². The zero-order valence-electron chi connectivity index (χ0n) is 11.1. The molecule has 1 heterocycles. The fourth-order valence-corrected chi connectivity index (χ4v) is 2.90. The molecule has 104 valence electrons. The third-order valence-corrected chi connectivity index (χ3v) is 4.34. The van der Waals surface area contributed by atoms with E-state index in [1.54, 1.807) is 12.1 Å². The number of rotatable bonds is 2. The molecule has 5 heteroatoms. The Labute approximate surface area is 120 Å². The van der Waals surface area contributed by atoms with Crippen molar-refractivity contribution in [2.24, 2.45) is 11.8 Å². The van der Waals surface area contributed by atoms with Crippen LogP contribution in [0.1, 0.15) is 20.8 Å². The number of nitrogens with one attached hydrogen (secondary N) is 1. The van der Waals surface area contributed by atoms with Crippen LogP contribution in [0.15, 0.2) is 22.7 Å². The maximum absolute atomic E-state index is 13.1. The maximum atomic E-state index is 13.1. The molecule has 1 N–H and O–H groups in total. The standard InChI is InChI=1S/C14H17BrFNO2/c1-7-8(2)19-9(3)13(7)14(18)17-10-4-5-12(16)11(15)6-10/h4-9,13H,1-3H3,(H,17,18). The van der Waals surface area contributed by atoms with E-state index < -0.39 is 0 Å². The van der Waals surface area contributed by atoms with Gasteiger partial charge in [0.25, 0.3) is 0 Å². The Morgan fingerprint density at radius 3 is 2.53 bits per heavy atom. The van der Waals surface area contributed by atoms with Gasteiger partial charge in [-0.05, 0) is 53.9 Å². The quantitative estimate of drug-likeness (QED) is 0.900. The molecule has 0 aromatic heterocycles. The van der Waals surface area contributed by atoms with E-state index in [2.05, 4.69) is 21.2 Å². The number of amides is 1. The van der Waals surface area contributed by atoms with Crippen molar-refractivity contribution in [2.45, 2.75) is 33.0 Å². The largest absolute Gasteiger partial charge is 0.374 e. The smallest absolute Gasteiger partial charge is 0.230 e. The van der Waals surface area contributed by atoms with Gasteiger partial charge >= 0.3 is 0 Å². The summed E-state index contributed by atoms with van der Waals surface area (Å²) in [5.41, 5.74) is 0.581. The van der Waals surface area contributed by atoms with Gasteiger partial charge in [0.15, 0.2) is 0 Å². The highest BCUT2D eigenvalue weighted by Gasteiger charge is 2.41. The lowest BCUT2D eigenvalue weighted by Crippen LogP contribution is -2.31. The minimum absolute atomic E-state index is 0.0747. The van der Waals surface area contributed by atoms with Crippen molar-refractivity contribution in [3.8, 4) is 0 Å². The van der Waals surface area contributed by atoms with Crippen molar-refractivity contribution in [1.82, 2.24) is 0 Å². The van der Waals surface area contributed by atoms with Crippen LogP contribution in [-0.2, 0) is 9.53 Å². The van der Waals surface area contributed by atoms with Gasteiger partial charge in [0, 0.05) is 5.69 Å². The number of hydrogen-bond donors (Lipinski definition) is 1. The van der Waals surface area contributed by atoms with Gasteiger partial charge in [0.2, 0.25) is 5.91 Å². The van der Waals surface area contributed by atoms with Crippen molar-refractivity contribution < 1.29 is 13.9 Å². The van der Waals surface area contributed by atoms with E-state index in [0.29, 0.717) is 10.2 Å². The van der Waals surface area contributed by atoms with E-state index >= 15 is 0 Å². The van der Waals surface area contributed by atoms with Crippen molar-refractivity contribution in [2.75, 3.05) is 5.32 Å². The minimum atomic E-state index is -0.349. The number of halogens is 2. The number of benzene rings is 1. The molecule has 1 aliphatic heterocycles. The zero-order valence-corrected chi connectivity index (χ0v) is 12.7. The molecule has 19 heavy (non-hydrogen) atoms. The van der Waals surface area contributed by atoms with Crippen LogP contribution in [0.2, 0.25) is 0 Å². The normalized spacial score (nSPS) is 30.4. The van der Waals surface area contributed by atoms with Crippen molar-refractivity contribution in [3.63, 3.8) is 0 Å². The maximum Gasteiger partial charge on any atom is 0.230 e. The Kier molecular flexibility index (Phi) is 4.26. The van der Waals surface area contributed by atoms with E-state index in [1.807, 2.05) is 20.8 Å². The minimum Gasteiger partial charge on any atom is -0.374 e. The molecule has 1 saturated heterocycles. The predicted octanol–water partition coefficient (Wildman–Crippen LogP) is 3.59. The Hall–Kier alpha value is -0.940. The van der Waals surface area contributed by atoms with Crippen molar-refractivity contribution in [1.29, 1.82) is 0 Å². The number of hydrogen-bond acceptors (Lipinski definition) is 2. The SMILES string of the molecule is CC1OC(C)C(C(=O)Nc2ccc(F)c(Br)c2)C1C. The fraction of sp³-hybridized carbons (Fsp3) is 0.500. The second-order valence-corrected chi connectivity index (χ2v) is 5.90. The molecule has 4 atom stereocenters. The van der Waals surface area contributed by atoms with Crippen LogP contribution in [0.5, 0.6) is 0 Å². The Morgan fingerprint density at radius 1 is 1.32 bits per heavy atom. The van der Waals surface area contributed by atoms with Crippen molar-refractivity contribution in [3.05, 3.63) is 28.5 Å². The van der Waals surface area contributed by atoms with E-state index in [9.17, 15) is 9.18 Å². The summed E-state index contributed by atoms with van der Waals surface area (Å²) in [4.78, 5) is 12.3. The first-order chi connectivity index (χ1) is 8.90. The van der Waals surface area contributed by atoms with E-state index in [4.69, 9.17) is 4.74 Å².